The summed E-state index contributed by atoms with van der Waals surface area (Å²) in [5, 5.41) is 18.9. The highest BCUT2D eigenvalue weighted by Crippen LogP contribution is 2.30. The van der Waals surface area contributed by atoms with Gasteiger partial charge in [-0.2, -0.15) is 0 Å². The Morgan fingerprint density at radius 2 is 2.03 bits per heavy atom. The predicted octanol–water partition coefficient (Wildman–Crippen LogP) is 4.65. The second-order valence-electron chi connectivity index (χ2n) is 9.75. The number of carbonyl (C=O) groups excluding carboxylic acids is 1. The number of aromatic nitrogens is 3. The normalized spacial score (nSPS) is 15.9. The van der Waals surface area contributed by atoms with Crippen LogP contribution in [-0.2, 0) is 4.74 Å². The van der Waals surface area contributed by atoms with Crippen LogP contribution in [0.15, 0.2) is 48.8 Å². The van der Waals surface area contributed by atoms with Crippen LogP contribution >= 0.6 is 0 Å². The summed E-state index contributed by atoms with van der Waals surface area (Å²) in [6, 6.07) is 8.54. The highest BCUT2D eigenvalue weighted by molar-refractivity contribution is 5.76. The molecular weight excluding hydrogens is 495 g/mol. The van der Waals surface area contributed by atoms with Crippen molar-refractivity contribution in [1.29, 1.82) is 0 Å². The van der Waals surface area contributed by atoms with E-state index >= 15 is 0 Å². The minimum absolute atomic E-state index is 0.0189. The lowest BCUT2D eigenvalue weighted by molar-refractivity contribution is -0.385. The molecule has 0 radical (unpaired) electrons. The number of amides is 1. The van der Waals surface area contributed by atoms with Crippen LogP contribution in [-0.4, -0.2) is 55.7 Å². The van der Waals surface area contributed by atoms with Gasteiger partial charge in [-0.15, -0.1) is 0 Å². The Kier molecular flexibility index (Phi) is 7.96. The molecule has 1 aliphatic rings. The molecule has 0 bridgehead atoms. The minimum Gasteiger partial charge on any atom is -0.443 e. The average Bonchev–Trinajstić information content (AvgIpc) is 2.84. The zero-order valence-corrected chi connectivity index (χ0v) is 21.3. The largest absolute Gasteiger partial charge is 0.443 e. The molecule has 12 nitrogen and oxygen atoms in total. The van der Waals surface area contributed by atoms with Crippen molar-refractivity contribution < 1.29 is 18.8 Å². The number of hydrogen-bond acceptors (Lipinski definition) is 10. The molecule has 0 aliphatic carbocycles. The number of pyridine rings is 1. The number of rotatable bonds is 7. The maximum atomic E-state index is 14.5. The first-order chi connectivity index (χ1) is 18.1. The first kappa shape index (κ1) is 26.7. The summed E-state index contributed by atoms with van der Waals surface area (Å²) in [6.07, 6.45) is 4.36. The second-order valence-corrected chi connectivity index (χ2v) is 9.75. The van der Waals surface area contributed by atoms with Crippen LogP contribution in [0.3, 0.4) is 0 Å². The molecule has 1 fully saturated rings. The van der Waals surface area contributed by atoms with Crippen LogP contribution in [0.25, 0.3) is 11.3 Å². The van der Waals surface area contributed by atoms with Gasteiger partial charge < -0.3 is 15.4 Å². The van der Waals surface area contributed by atoms with Crippen LogP contribution in [0.4, 0.5) is 32.3 Å². The number of hydrogen-bond donors (Lipinski definition) is 3. The number of non-ortho nitro benzene ring substituents is 1. The minimum atomic E-state index is -0.775. The molecule has 1 aliphatic heterocycles. The molecule has 1 saturated heterocycles. The summed E-state index contributed by atoms with van der Waals surface area (Å²) in [5.74, 6) is -0.0547. The average molecular weight is 525 g/mol. The van der Waals surface area contributed by atoms with Gasteiger partial charge >= 0.3 is 6.09 Å². The number of nitro groups is 1. The molecule has 13 heteroatoms. The van der Waals surface area contributed by atoms with E-state index in [2.05, 4.69) is 31.0 Å². The van der Waals surface area contributed by atoms with E-state index in [-0.39, 0.29) is 17.4 Å². The number of nitrogens with zero attached hydrogens (tertiary/aromatic N) is 5. The van der Waals surface area contributed by atoms with Crippen molar-refractivity contribution >= 4 is 29.2 Å². The monoisotopic (exact) mass is 524 g/mol. The molecule has 4 rings (SSSR count). The van der Waals surface area contributed by atoms with Gasteiger partial charge in [-0.25, -0.2) is 29.1 Å². The fraction of sp³-hybridized carbons (Fsp3) is 0.360. The van der Waals surface area contributed by atoms with Crippen LogP contribution in [0, 0.1) is 15.9 Å². The van der Waals surface area contributed by atoms with Crippen molar-refractivity contribution in [2.24, 2.45) is 0 Å². The first-order valence-corrected chi connectivity index (χ1v) is 12.1. The summed E-state index contributed by atoms with van der Waals surface area (Å²) < 4.78 is 19.8. The van der Waals surface area contributed by atoms with Gasteiger partial charge in [-0.3, -0.25) is 15.5 Å². The molecule has 38 heavy (non-hydrogen) atoms. The number of benzene rings is 1. The first-order valence-electron chi connectivity index (χ1n) is 12.1. The standard InChI is InChI=1S/C25H29FN8O4/c1-25(2,3)38-24(35)32-33-13-5-6-16(15-33)29-23-28-12-10-20(31-23)18-7-4-11-27-22(18)30-21-9-8-17(34(36)37)14-19(21)26/h4,7-12,14,16H,5-6,13,15H2,1-3H3,(H,27,30)(H,32,35)(H,28,29,31)/t16-/m0/s1. The summed E-state index contributed by atoms with van der Waals surface area (Å²) in [4.78, 5) is 35.6. The van der Waals surface area contributed by atoms with Crippen LogP contribution in [0.1, 0.15) is 33.6 Å². The molecule has 3 aromatic rings. The van der Waals surface area contributed by atoms with E-state index in [9.17, 15) is 19.3 Å². The molecule has 1 aromatic carbocycles. The Morgan fingerprint density at radius 1 is 1.21 bits per heavy atom. The van der Waals surface area contributed by atoms with Gasteiger partial charge in [0.1, 0.15) is 11.4 Å². The van der Waals surface area contributed by atoms with Crippen molar-refractivity contribution in [2.75, 3.05) is 23.7 Å². The predicted molar refractivity (Wildman–Crippen MR) is 139 cm³/mol. The molecule has 0 unspecified atom stereocenters. The van der Waals surface area contributed by atoms with E-state index in [1.165, 1.54) is 12.1 Å². The molecule has 0 saturated carbocycles. The van der Waals surface area contributed by atoms with E-state index in [0.29, 0.717) is 36.1 Å². The number of nitro benzene ring substituents is 1. The van der Waals surface area contributed by atoms with E-state index in [0.717, 1.165) is 18.9 Å². The lowest BCUT2D eigenvalue weighted by atomic mass is 10.1. The van der Waals surface area contributed by atoms with Crippen LogP contribution < -0.4 is 16.1 Å². The highest BCUT2D eigenvalue weighted by atomic mass is 19.1. The van der Waals surface area contributed by atoms with E-state index in [1.54, 1.807) is 35.6 Å². The van der Waals surface area contributed by atoms with Gasteiger partial charge in [-0.1, -0.05) is 0 Å². The summed E-state index contributed by atoms with van der Waals surface area (Å²) in [6.45, 7) is 6.66. The van der Waals surface area contributed by atoms with E-state index in [4.69, 9.17) is 4.74 Å². The molecule has 200 valence electrons. The van der Waals surface area contributed by atoms with Crippen molar-refractivity contribution in [3.8, 4) is 11.3 Å². The van der Waals surface area contributed by atoms with Gasteiger partial charge in [0.05, 0.1) is 22.4 Å². The Balaban J connectivity index is 1.46. The number of nitrogens with one attached hydrogen (secondary N) is 3. The van der Waals surface area contributed by atoms with E-state index < -0.39 is 22.4 Å². The summed E-state index contributed by atoms with van der Waals surface area (Å²) in [5.41, 5.74) is 3.02. The summed E-state index contributed by atoms with van der Waals surface area (Å²) in [7, 11) is 0. The van der Waals surface area contributed by atoms with Gasteiger partial charge in [-0.05, 0) is 57.9 Å². The van der Waals surface area contributed by atoms with E-state index in [1.807, 2.05) is 20.8 Å². The number of carbonyl (C=O) groups is 1. The molecule has 2 aromatic heterocycles. The maximum absolute atomic E-state index is 14.5. The number of hydrazine groups is 1. The Morgan fingerprint density at radius 3 is 2.76 bits per heavy atom. The third kappa shape index (κ3) is 7.09. The number of ether oxygens (including phenoxy) is 1. The Bertz CT molecular complexity index is 1320. The Labute approximate surface area is 218 Å². The smallest absolute Gasteiger partial charge is 0.422 e. The molecule has 3 N–H and O–H groups in total. The molecule has 1 atom stereocenters. The fourth-order valence-corrected chi connectivity index (χ4v) is 3.95. The zero-order valence-electron chi connectivity index (χ0n) is 21.3. The van der Waals surface area contributed by atoms with Gasteiger partial charge in [0, 0.05) is 43.2 Å². The number of piperidine rings is 1. The molecule has 3 heterocycles. The molecule has 0 spiro atoms. The van der Waals surface area contributed by atoms with Gasteiger partial charge in [0.25, 0.3) is 5.69 Å². The zero-order chi connectivity index (χ0) is 27.3. The van der Waals surface area contributed by atoms with Crippen LogP contribution in [0.5, 0.6) is 0 Å². The van der Waals surface area contributed by atoms with Gasteiger partial charge in [0.2, 0.25) is 5.95 Å². The van der Waals surface area contributed by atoms with Crippen molar-refractivity contribution in [3.05, 3.63) is 64.7 Å². The molecule has 1 amide bonds. The lowest BCUT2D eigenvalue weighted by Gasteiger charge is -2.33. The quantitative estimate of drug-likeness (QED) is 0.295. The van der Waals surface area contributed by atoms with Crippen LogP contribution in [0.2, 0.25) is 0 Å². The Hall–Kier alpha value is -4.39. The maximum Gasteiger partial charge on any atom is 0.422 e. The highest BCUT2D eigenvalue weighted by Gasteiger charge is 2.24. The fourth-order valence-electron chi connectivity index (χ4n) is 3.95. The van der Waals surface area contributed by atoms with Gasteiger partial charge in [0.15, 0.2) is 5.82 Å². The lowest BCUT2D eigenvalue weighted by Crippen LogP contribution is -2.52. The summed E-state index contributed by atoms with van der Waals surface area (Å²) >= 11 is 0. The topological polar surface area (TPSA) is 147 Å². The second kappa shape index (κ2) is 11.3. The molecular formula is C25H29FN8O4. The SMILES string of the molecule is CC(C)(C)OC(=O)NN1CCC[C@H](Nc2nccc(-c3cccnc3Nc3ccc([N+](=O)[O-])cc3F)n2)C1. The number of anilines is 3. The third-order valence-corrected chi connectivity index (χ3v) is 5.56. The van der Waals surface area contributed by atoms with Crippen molar-refractivity contribution in [1.82, 2.24) is 25.4 Å². The van der Waals surface area contributed by atoms with Crippen molar-refractivity contribution in [2.45, 2.75) is 45.3 Å². The third-order valence-electron chi connectivity index (χ3n) is 5.56. The number of halogens is 1. The van der Waals surface area contributed by atoms with Crippen molar-refractivity contribution in [3.63, 3.8) is 0 Å².